The maximum absolute atomic E-state index is 5.49. The van der Waals surface area contributed by atoms with Crippen LogP contribution in [0.3, 0.4) is 0 Å². The van der Waals surface area contributed by atoms with E-state index in [1.165, 1.54) is 5.56 Å². The van der Waals surface area contributed by atoms with Gasteiger partial charge in [0.15, 0.2) is 0 Å². The molecule has 1 heterocycles. The van der Waals surface area contributed by atoms with Crippen molar-refractivity contribution in [2.24, 2.45) is 0 Å². The minimum absolute atomic E-state index is 0.464. The predicted octanol–water partition coefficient (Wildman–Crippen LogP) is 3.37. The van der Waals surface area contributed by atoms with Gasteiger partial charge >= 0.3 is 0 Å². The Morgan fingerprint density at radius 2 is 2.05 bits per heavy atom. The van der Waals surface area contributed by atoms with Crippen molar-refractivity contribution in [1.82, 2.24) is 10.3 Å². The van der Waals surface area contributed by atoms with Crippen LogP contribution in [0.25, 0.3) is 0 Å². The van der Waals surface area contributed by atoms with Gasteiger partial charge in [-0.3, -0.25) is 4.98 Å². The Hall–Kier alpha value is -0.740. The average molecular weight is 296 g/mol. The largest absolute Gasteiger partial charge is 0.496 e. The molecule has 114 valence electrons. The van der Waals surface area contributed by atoms with Crippen molar-refractivity contribution in [3.8, 4) is 5.75 Å². The van der Waals surface area contributed by atoms with Crippen LogP contribution in [-0.2, 0) is 6.42 Å². The number of pyridine rings is 1. The summed E-state index contributed by atoms with van der Waals surface area (Å²) in [5.74, 6) is 2.09. The maximum atomic E-state index is 5.49. The van der Waals surface area contributed by atoms with Crippen molar-refractivity contribution in [2.75, 3.05) is 19.4 Å². The average Bonchev–Trinajstić information content (AvgIpc) is 2.40. The van der Waals surface area contributed by atoms with Gasteiger partial charge in [0.25, 0.3) is 0 Å². The van der Waals surface area contributed by atoms with E-state index in [0.29, 0.717) is 11.3 Å². The first-order valence-corrected chi connectivity index (χ1v) is 8.38. The molecule has 0 saturated heterocycles. The Bertz CT molecular complexity index is 421. The molecule has 1 aromatic rings. The fraction of sp³-hybridized carbons (Fsp3) is 0.688. The van der Waals surface area contributed by atoms with Crippen LogP contribution in [-0.4, -0.2) is 35.7 Å². The second kappa shape index (κ2) is 8.53. The number of rotatable bonds is 8. The number of hydrogen-bond donors (Lipinski definition) is 1. The number of nitrogens with one attached hydrogen (secondary N) is 1. The van der Waals surface area contributed by atoms with E-state index in [2.05, 4.69) is 38.0 Å². The van der Waals surface area contributed by atoms with Gasteiger partial charge < -0.3 is 10.1 Å². The smallest absolute Gasteiger partial charge is 0.128 e. The zero-order chi connectivity index (χ0) is 15.1. The Kier molecular flexibility index (Phi) is 7.38. The SMILES string of the molecule is CCNC(CSC(C)C)Cc1ncc(C)c(OC)c1C. The molecule has 1 N–H and O–H groups in total. The van der Waals surface area contributed by atoms with E-state index in [-0.39, 0.29) is 0 Å². The van der Waals surface area contributed by atoms with Crippen LogP contribution in [0, 0.1) is 13.8 Å². The van der Waals surface area contributed by atoms with Crippen LogP contribution in [0.15, 0.2) is 6.20 Å². The number of ether oxygens (including phenoxy) is 1. The molecule has 0 aromatic carbocycles. The number of aromatic nitrogens is 1. The summed E-state index contributed by atoms with van der Waals surface area (Å²) >= 11 is 2.00. The highest BCUT2D eigenvalue weighted by atomic mass is 32.2. The van der Waals surface area contributed by atoms with E-state index >= 15 is 0 Å². The standard InChI is InChI=1S/C16H28N2OS/c1-7-17-14(10-20-11(2)3)8-15-13(5)16(19-6)12(4)9-18-15/h9,11,14,17H,7-8,10H2,1-6H3. The highest BCUT2D eigenvalue weighted by molar-refractivity contribution is 7.99. The molecule has 0 amide bonds. The zero-order valence-corrected chi connectivity index (χ0v) is 14.4. The van der Waals surface area contributed by atoms with Gasteiger partial charge in [-0.05, 0) is 25.6 Å². The van der Waals surface area contributed by atoms with Crippen LogP contribution in [0.2, 0.25) is 0 Å². The van der Waals surface area contributed by atoms with E-state index in [4.69, 9.17) is 4.74 Å². The van der Waals surface area contributed by atoms with E-state index in [0.717, 1.165) is 35.7 Å². The predicted molar refractivity (Wildman–Crippen MR) is 89.0 cm³/mol. The van der Waals surface area contributed by atoms with Crippen LogP contribution < -0.4 is 10.1 Å². The lowest BCUT2D eigenvalue weighted by molar-refractivity contribution is 0.406. The van der Waals surface area contributed by atoms with Gasteiger partial charge in [-0.25, -0.2) is 0 Å². The molecule has 0 aliphatic carbocycles. The third-order valence-electron chi connectivity index (χ3n) is 3.31. The van der Waals surface area contributed by atoms with Crippen molar-refractivity contribution in [3.05, 3.63) is 23.0 Å². The molecule has 1 aromatic heterocycles. The number of hydrogen-bond acceptors (Lipinski definition) is 4. The van der Waals surface area contributed by atoms with E-state index in [1.807, 2.05) is 24.9 Å². The quantitative estimate of drug-likeness (QED) is 0.797. The van der Waals surface area contributed by atoms with E-state index < -0.39 is 0 Å². The summed E-state index contributed by atoms with van der Waals surface area (Å²) in [4.78, 5) is 4.61. The topological polar surface area (TPSA) is 34.2 Å². The Labute approximate surface area is 127 Å². The first-order chi connectivity index (χ1) is 9.49. The van der Waals surface area contributed by atoms with Crippen molar-refractivity contribution in [1.29, 1.82) is 0 Å². The number of thioether (sulfide) groups is 1. The lowest BCUT2D eigenvalue weighted by Gasteiger charge is -2.20. The number of nitrogens with zero attached hydrogens (tertiary/aromatic N) is 1. The third kappa shape index (κ3) is 4.98. The maximum Gasteiger partial charge on any atom is 0.128 e. The van der Waals surface area contributed by atoms with E-state index in [9.17, 15) is 0 Å². The van der Waals surface area contributed by atoms with Crippen molar-refractivity contribution in [2.45, 2.75) is 52.3 Å². The molecule has 0 radical (unpaired) electrons. The van der Waals surface area contributed by atoms with Gasteiger partial charge in [0, 0.05) is 41.2 Å². The van der Waals surface area contributed by atoms with Gasteiger partial charge in [0.1, 0.15) is 5.75 Å². The van der Waals surface area contributed by atoms with Crippen LogP contribution in [0.1, 0.15) is 37.6 Å². The number of likely N-dealkylation sites (N-methyl/N-ethyl adjacent to an activating group) is 1. The molecule has 0 bridgehead atoms. The molecular weight excluding hydrogens is 268 g/mol. The molecule has 0 fully saturated rings. The van der Waals surface area contributed by atoms with Crippen molar-refractivity contribution >= 4 is 11.8 Å². The van der Waals surface area contributed by atoms with Gasteiger partial charge in [0.2, 0.25) is 0 Å². The highest BCUT2D eigenvalue weighted by Gasteiger charge is 2.15. The van der Waals surface area contributed by atoms with Crippen molar-refractivity contribution < 1.29 is 4.74 Å². The second-order valence-corrected chi connectivity index (χ2v) is 7.00. The van der Waals surface area contributed by atoms with Crippen molar-refractivity contribution in [3.63, 3.8) is 0 Å². The van der Waals surface area contributed by atoms with Gasteiger partial charge in [0.05, 0.1) is 7.11 Å². The van der Waals surface area contributed by atoms with Crippen LogP contribution >= 0.6 is 11.8 Å². The minimum Gasteiger partial charge on any atom is -0.496 e. The lowest BCUT2D eigenvalue weighted by Crippen LogP contribution is -2.34. The Morgan fingerprint density at radius 1 is 1.35 bits per heavy atom. The van der Waals surface area contributed by atoms with Crippen LogP contribution in [0.4, 0.5) is 0 Å². The molecule has 20 heavy (non-hydrogen) atoms. The van der Waals surface area contributed by atoms with E-state index in [1.54, 1.807) is 7.11 Å². The van der Waals surface area contributed by atoms with Gasteiger partial charge in [-0.2, -0.15) is 11.8 Å². The fourth-order valence-corrected chi connectivity index (χ4v) is 3.15. The first-order valence-electron chi connectivity index (χ1n) is 7.33. The Balaban J connectivity index is 2.82. The molecule has 1 rings (SSSR count). The Morgan fingerprint density at radius 3 is 2.60 bits per heavy atom. The summed E-state index contributed by atoms with van der Waals surface area (Å²) < 4.78 is 5.49. The summed E-state index contributed by atoms with van der Waals surface area (Å²) in [6.07, 6.45) is 2.87. The highest BCUT2D eigenvalue weighted by Crippen LogP contribution is 2.25. The monoisotopic (exact) mass is 296 g/mol. The normalized spacial score (nSPS) is 12.8. The first kappa shape index (κ1) is 17.3. The molecule has 3 nitrogen and oxygen atoms in total. The zero-order valence-electron chi connectivity index (χ0n) is 13.6. The molecule has 1 atom stereocenters. The molecular formula is C16H28N2OS. The minimum atomic E-state index is 0.464. The van der Waals surface area contributed by atoms with Crippen LogP contribution in [0.5, 0.6) is 5.75 Å². The molecule has 0 aliphatic heterocycles. The summed E-state index contributed by atoms with van der Waals surface area (Å²) in [7, 11) is 1.73. The summed E-state index contributed by atoms with van der Waals surface area (Å²) in [6.45, 7) is 11.8. The third-order valence-corrected chi connectivity index (χ3v) is 4.57. The van der Waals surface area contributed by atoms with Gasteiger partial charge in [-0.1, -0.05) is 20.8 Å². The molecule has 0 aliphatic rings. The number of aryl methyl sites for hydroxylation is 1. The molecule has 1 unspecified atom stereocenters. The van der Waals surface area contributed by atoms with Gasteiger partial charge in [-0.15, -0.1) is 0 Å². The fourth-order valence-electron chi connectivity index (χ4n) is 2.30. The summed E-state index contributed by atoms with van der Waals surface area (Å²) in [5, 5.41) is 4.23. The molecule has 0 saturated carbocycles. The lowest BCUT2D eigenvalue weighted by atomic mass is 10.1. The summed E-state index contributed by atoms with van der Waals surface area (Å²) in [5.41, 5.74) is 3.41. The molecule has 4 heteroatoms. The molecule has 0 spiro atoms. The number of methoxy groups -OCH3 is 1. The summed E-state index contributed by atoms with van der Waals surface area (Å²) in [6, 6.07) is 0.464. The second-order valence-electron chi connectivity index (χ2n) is 5.39.